The van der Waals surface area contributed by atoms with E-state index in [2.05, 4.69) is 26.3 Å². The molecule has 11 heteroatoms. The molecule has 0 aliphatic carbocycles. The van der Waals surface area contributed by atoms with Gasteiger partial charge in [-0.2, -0.15) is 10.1 Å². The Hall–Kier alpha value is -4.75. The molecule has 9 nitrogen and oxygen atoms in total. The van der Waals surface area contributed by atoms with Gasteiger partial charge in [0, 0.05) is 24.8 Å². The van der Waals surface area contributed by atoms with Crippen LogP contribution in [0.1, 0.15) is 16.7 Å². The van der Waals surface area contributed by atoms with E-state index in [1.807, 2.05) is 0 Å². The Balaban J connectivity index is 1.69. The van der Waals surface area contributed by atoms with Crippen LogP contribution in [-0.2, 0) is 13.6 Å². The Kier molecular flexibility index (Phi) is 6.07. The molecule has 0 bridgehead atoms. The van der Waals surface area contributed by atoms with E-state index in [1.165, 1.54) is 29.0 Å². The molecule has 0 aliphatic rings. The monoisotopic (exact) mass is 515 g/mol. The predicted molar refractivity (Wildman–Crippen MR) is 139 cm³/mol. The third kappa shape index (κ3) is 4.60. The highest BCUT2D eigenvalue weighted by atomic mass is 35.5. The van der Waals surface area contributed by atoms with Gasteiger partial charge in [-0.3, -0.25) is 14.2 Å². The van der Waals surface area contributed by atoms with Gasteiger partial charge >= 0.3 is 11.4 Å². The van der Waals surface area contributed by atoms with Gasteiger partial charge in [0.2, 0.25) is 5.95 Å². The highest BCUT2D eigenvalue weighted by Crippen LogP contribution is 2.29. The van der Waals surface area contributed by atoms with E-state index in [-0.39, 0.29) is 23.7 Å². The Morgan fingerprint density at radius 1 is 1.16 bits per heavy atom. The first kappa shape index (κ1) is 24.0. The fraction of sp³-hybridized carbons (Fsp3) is 0.115. The van der Waals surface area contributed by atoms with E-state index in [9.17, 15) is 14.0 Å². The number of fused-ring (bicyclic) bond motifs is 1. The van der Waals surface area contributed by atoms with Gasteiger partial charge in [-0.25, -0.2) is 18.5 Å². The van der Waals surface area contributed by atoms with E-state index >= 15 is 0 Å². The highest BCUT2D eigenvalue weighted by molar-refractivity contribution is 6.34. The molecule has 0 amide bonds. The summed E-state index contributed by atoms with van der Waals surface area (Å²) in [7, 11) is 1.78. The van der Waals surface area contributed by atoms with Crippen LogP contribution in [-0.4, -0.2) is 28.9 Å². The molecule has 0 unspecified atom stereocenters. The maximum Gasteiger partial charge on any atom is 0.359 e. The quantitative estimate of drug-likeness (QED) is 0.359. The van der Waals surface area contributed by atoms with Gasteiger partial charge in [-0.1, -0.05) is 23.6 Å². The molecular formula is C26H19ClFN7O2. The number of aromatic nitrogens is 6. The molecule has 1 N–H and O–H groups in total. The molecule has 0 radical (unpaired) electrons. The SMILES string of the molecule is C#Cc1cc(Cn2c(Nc3cc4cn(C)nc4cc3Cl)nc(=O)n(-c3cncc(C)c3)c2=O)ccc1F. The molecule has 0 saturated carbocycles. The molecule has 0 fully saturated rings. The van der Waals surface area contributed by atoms with Crippen molar-refractivity contribution in [2.45, 2.75) is 13.5 Å². The molecular weight excluding hydrogens is 497 g/mol. The first-order valence-electron chi connectivity index (χ1n) is 11.0. The maximum absolute atomic E-state index is 14.0. The van der Waals surface area contributed by atoms with Crippen LogP contribution in [0, 0.1) is 25.1 Å². The third-order valence-electron chi connectivity index (χ3n) is 5.67. The minimum absolute atomic E-state index is 0.0503. The van der Waals surface area contributed by atoms with Crippen molar-refractivity contribution in [3.05, 3.63) is 103 Å². The number of benzene rings is 2. The van der Waals surface area contributed by atoms with Crippen molar-refractivity contribution in [3.8, 4) is 18.0 Å². The number of hydrogen-bond donors (Lipinski definition) is 1. The van der Waals surface area contributed by atoms with E-state index in [1.54, 1.807) is 49.2 Å². The van der Waals surface area contributed by atoms with Crippen LogP contribution in [0.3, 0.4) is 0 Å². The number of terminal acetylenes is 1. The zero-order valence-electron chi connectivity index (χ0n) is 19.7. The van der Waals surface area contributed by atoms with Gasteiger partial charge < -0.3 is 5.32 Å². The number of hydrogen-bond acceptors (Lipinski definition) is 6. The molecule has 3 aromatic heterocycles. The van der Waals surface area contributed by atoms with Crippen molar-refractivity contribution in [1.82, 2.24) is 28.9 Å². The van der Waals surface area contributed by atoms with E-state index < -0.39 is 17.2 Å². The Bertz CT molecular complexity index is 1850. The van der Waals surface area contributed by atoms with Crippen molar-refractivity contribution < 1.29 is 4.39 Å². The van der Waals surface area contributed by atoms with Gasteiger partial charge in [-0.15, -0.1) is 6.42 Å². The van der Waals surface area contributed by atoms with Crippen molar-refractivity contribution in [2.24, 2.45) is 7.05 Å². The number of nitrogens with one attached hydrogen (secondary N) is 1. The number of halogens is 2. The molecule has 0 saturated heterocycles. The molecule has 0 atom stereocenters. The highest BCUT2D eigenvalue weighted by Gasteiger charge is 2.18. The smallest absolute Gasteiger partial charge is 0.324 e. The van der Waals surface area contributed by atoms with Crippen molar-refractivity contribution in [3.63, 3.8) is 0 Å². The summed E-state index contributed by atoms with van der Waals surface area (Å²) in [4.78, 5) is 35.0. The standard InChI is InChI=1S/C26H19ClFN7O2/c1-4-17-8-16(5-6-21(17)28)13-34-24(30-23-9-18-14-33(3)32-22(18)10-20(23)27)31-25(36)35(26(34)37)19-7-15(2)11-29-12-19/h1,5-12,14H,13H2,2-3H3,(H,30,31,36). The zero-order valence-corrected chi connectivity index (χ0v) is 20.5. The van der Waals surface area contributed by atoms with Crippen LogP contribution in [0.2, 0.25) is 5.02 Å². The van der Waals surface area contributed by atoms with Gasteiger partial charge in [-0.05, 0) is 48.4 Å². The first-order valence-corrected chi connectivity index (χ1v) is 11.4. The fourth-order valence-electron chi connectivity index (χ4n) is 3.96. The number of rotatable bonds is 5. The summed E-state index contributed by atoms with van der Waals surface area (Å²) in [5, 5.41) is 8.45. The molecule has 184 valence electrons. The summed E-state index contributed by atoms with van der Waals surface area (Å²) in [5.41, 5.74) is 1.21. The maximum atomic E-state index is 14.0. The summed E-state index contributed by atoms with van der Waals surface area (Å²) in [6.07, 6.45) is 10.2. The summed E-state index contributed by atoms with van der Waals surface area (Å²) in [6, 6.07) is 9.25. The van der Waals surface area contributed by atoms with Crippen molar-refractivity contribution >= 4 is 34.1 Å². The van der Waals surface area contributed by atoms with E-state index in [0.29, 0.717) is 21.8 Å². The lowest BCUT2D eigenvalue weighted by Crippen LogP contribution is -2.41. The number of anilines is 2. The van der Waals surface area contributed by atoms with Gasteiger partial charge in [0.25, 0.3) is 0 Å². The van der Waals surface area contributed by atoms with Crippen LogP contribution >= 0.6 is 11.6 Å². The molecule has 0 aliphatic heterocycles. The van der Waals surface area contributed by atoms with Gasteiger partial charge in [0.1, 0.15) is 5.82 Å². The van der Waals surface area contributed by atoms with Crippen molar-refractivity contribution in [2.75, 3.05) is 5.32 Å². The molecule has 3 heterocycles. The Morgan fingerprint density at radius 2 is 1.97 bits per heavy atom. The first-order chi connectivity index (χ1) is 17.7. The summed E-state index contributed by atoms with van der Waals surface area (Å²) in [5.74, 6) is 1.68. The van der Waals surface area contributed by atoms with E-state index in [0.717, 1.165) is 15.5 Å². The van der Waals surface area contributed by atoms with Crippen LogP contribution in [0.15, 0.2) is 64.6 Å². The third-order valence-corrected chi connectivity index (χ3v) is 5.98. The summed E-state index contributed by atoms with van der Waals surface area (Å²) < 4.78 is 17.8. The predicted octanol–water partition coefficient (Wildman–Crippen LogP) is 3.55. The minimum Gasteiger partial charge on any atom is -0.324 e. The number of pyridine rings is 1. The minimum atomic E-state index is -0.807. The molecule has 37 heavy (non-hydrogen) atoms. The fourth-order valence-corrected chi connectivity index (χ4v) is 4.17. The second-order valence-electron chi connectivity index (χ2n) is 8.42. The lowest BCUT2D eigenvalue weighted by Gasteiger charge is -2.16. The molecule has 5 rings (SSSR count). The van der Waals surface area contributed by atoms with Crippen LogP contribution < -0.4 is 16.7 Å². The normalized spacial score (nSPS) is 11.0. The second kappa shape index (κ2) is 9.37. The molecule has 0 spiro atoms. The van der Waals surface area contributed by atoms with E-state index in [4.69, 9.17) is 18.0 Å². The molecule has 2 aromatic carbocycles. The van der Waals surface area contributed by atoms with Crippen LogP contribution in [0.5, 0.6) is 0 Å². The summed E-state index contributed by atoms with van der Waals surface area (Å²) >= 11 is 6.47. The lowest BCUT2D eigenvalue weighted by molar-refractivity contribution is 0.620. The Morgan fingerprint density at radius 3 is 2.73 bits per heavy atom. The second-order valence-corrected chi connectivity index (χ2v) is 8.83. The average molecular weight is 516 g/mol. The van der Waals surface area contributed by atoms with Gasteiger partial charge in [0.15, 0.2) is 0 Å². The summed E-state index contributed by atoms with van der Waals surface area (Å²) in [6.45, 7) is 1.73. The largest absolute Gasteiger partial charge is 0.359 e. The van der Waals surface area contributed by atoms with Crippen LogP contribution in [0.4, 0.5) is 16.0 Å². The number of nitrogens with zero attached hydrogens (tertiary/aromatic N) is 6. The zero-order chi connectivity index (χ0) is 26.3. The molecule has 5 aromatic rings. The Labute approximate surface area is 214 Å². The topological polar surface area (TPSA) is 99.6 Å². The lowest BCUT2D eigenvalue weighted by atomic mass is 10.1. The van der Waals surface area contributed by atoms with Gasteiger partial charge in [0.05, 0.1) is 40.2 Å². The number of aryl methyl sites for hydroxylation is 2. The van der Waals surface area contributed by atoms with Crippen molar-refractivity contribution in [1.29, 1.82) is 0 Å². The average Bonchev–Trinajstić information content (AvgIpc) is 3.21. The van der Waals surface area contributed by atoms with Crippen LogP contribution in [0.25, 0.3) is 16.6 Å².